The van der Waals surface area contributed by atoms with Crippen LogP contribution in [0.3, 0.4) is 0 Å². The van der Waals surface area contributed by atoms with Crippen molar-refractivity contribution in [1.82, 2.24) is 10.6 Å². The van der Waals surface area contributed by atoms with Gasteiger partial charge in [-0.05, 0) is 51.6 Å². The van der Waals surface area contributed by atoms with Crippen LogP contribution >= 0.6 is 0 Å². The molecule has 0 heterocycles. The standard InChI is InChI=1S/C21H44N8O7/c22-9-3-1-7-16(28-19(30)34-12-15(24)6-5-11-27-18(25)26)13-35-20(31)29-17(8-2-4-10-23)14-36-21(32)33/h15-17H,1-14,22-24H2,(H,28,30)(H,29,31)(H,32,33)(H4,25,26,27)/t15-,16+,17-/m0/s1. The molecule has 0 aromatic heterocycles. The van der Waals surface area contributed by atoms with E-state index in [1.54, 1.807) is 0 Å². The van der Waals surface area contributed by atoms with Gasteiger partial charge >= 0.3 is 18.3 Å². The number of unbranched alkanes of at least 4 members (excludes halogenated alkanes) is 2. The van der Waals surface area contributed by atoms with Gasteiger partial charge in [0.1, 0.15) is 19.8 Å². The summed E-state index contributed by atoms with van der Waals surface area (Å²) in [6.07, 6.45) is 2.11. The summed E-state index contributed by atoms with van der Waals surface area (Å²) in [5.41, 5.74) is 27.5. The van der Waals surface area contributed by atoms with E-state index in [1.807, 2.05) is 0 Å². The molecule has 0 unspecified atom stereocenters. The van der Waals surface area contributed by atoms with Gasteiger partial charge in [0.2, 0.25) is 0 Å². The number of alkyl carbamates (subject to hydrolysis) is 2. The second kappa shape index (κ2) is 21.3. The molecule has 0 spiro atoms. The lowest BCUT2D eigenvalue weighted by Gasteiger charge is -2.21. The van der Waals surface area contributed by atoms with Crippen LogP contribution in [0.15, 0.2) is 4.99 Å². The van der Waals surface area contributed by atoms with Crippen molar-refractivity contribution in [1.29, 1.82) is 0 Å². The molecule has 2 amide bonds. The number of ether oxygens (including phenoxy) is 3. The van der Waals surface area contributed by atoms with E-state index in [-0.39, 0.29) is 31.8 Å². The molecule has 0 radical (unpaired) electrons. The maximum absolute atomic E-state index is 12.3. The Morgan fingerprint density at radius 3 is 1.72 bits per heavy atom. The molecule has 0 aromatic rings. The Morgan fingerprint density at radius 2 is 1.25 bits per heavy atom. The molecule has 0 aromatic carbocycles. The summed E-state index contributed by atoms with van der Waals surface area (Å²) < 4.78 is 15.0. The van der Waals surface area contributed by atoms with Crippen molar-refractivity contribution in [3.05, 3.63) is 0 Å². The van der Waals surface area contributed by atoms with Crippen molar-refractivity contribution in [2.75, 3.05) is 39.5 Å². The third-order valence-electron chi connectivity index (χ3n) is 4.94. The van der Waals surface area contributed by atoms with Crippen LogP contribution in [0.5, 0.6) is 0 Å². The highest BCUT2D eigenvalue weighted by Gasteiger charge is 2.19. The minimum absolute atomic E-state index is 0.00141. The summed E-state index contributed by atoms with van der Waals surface area (Å²) in [4.78, 5) is 39.0. The lowest BCUT2D eigenvalue weighted by molar-refractivity contribution is 0.0762. The van der Waals surface area contributed by atoms with Crippen LogP contribution in [0.25, 0.3) is 0 Å². The fourth-order valence-electron chi connectivity index (χ4n) is 3.06. The molecule has 0 saturated carbocycles. The zero-order chi connectivity index (χ0) is 27.2. The van der Waals surface area contributed by atoms with Crippen LogP contribution in [0.2, 0.25) is 0 Å². The van der Waals surface area contributed by atoms with E-state index in [4.69, 9.17) is 43.2 Å². The molecule has 3 atom stereocenters. The molecule has 15 nitrogen and oxygen atoms in total. The third kappa shape index (κ3) is 20.3. The number of amides is 2. The topological polar surface area (TPSA) is 266 Å². The number of carbonyl (C=O) groups is 3. The summed E-state index contributed by atoms with van der Waals surface area (Å²) >= 11 is 0. The Kier molecular flexibility index (Phi) is 19.5. The molecule has 15 heteroatoms. The van der Waals surface area contributed by atoms with Crippen molar-refractivity contribution in [3.63, 3.8) is 0 Å². The average molecular weight is 521 g/mol. The van der Waals surface area contributed by atoms with Gasteiger partial charge in [-0.3, -0.25) is 4.99 Å². The van der Waals surface area contributed by atoms with Crippen LogP contribution in [-0.4, -0.2) is 87.0 Å². The van der Waals surface area contributed by atoms with E-state index in [0.29, 0.717) is 58.2 Å². The van der Waals surface area contributed by atoms with E-state index >= 15 is 0 Å². The van der Waals surface area contributed by atoms with E-state index < -0.39 is 30.4 Å². The lowest BCUT2D eigenvalue weighted by atomic mass is 10.1. The van der Waals surface area contributed by atoms with Crippen molar-refractivity contribution in [2.45, 2.75) is 69.5 Å². The van der Waals surface area contributed by atoms with Gasteiger partial charge in [-0.25, -0.2) is 14.4 Å². The van der Waals surface area contributed by atoms with Crippen LogP contribution in [0, 0.1) is 0 Å². The number of nitrogens with one attached hydrogen (secondary N) is 2. The Morgan fingerprint density at radius 1 is 0.750 bits per heavy atom. The van der Waals surface area contributed by atoms with E-state index in [9.17, 15) is 14.4 Å². The van der Waals surface area contributed by atoms with Crippen LogP contribution in [0.1, 0.15) is 51.4 Å². The molecule has 210 valence electrons. The maximum Gasteiger partial charge on any atom is 0.505 e. The van der Waals surface area contributed by atoms with Crippen molar-refractivity contribution < 1.29 is 33.7 Å². The minimum atomic E-state index is -1.44. The number of nitrogens with zero attached hydrogens (tertiary/aromatic N) is 1. The average Bonchev–Trinajstić information content (AvgIpc) is 2.82. The van der Waals surface area contributed by atoms with Gasteiger partial charge in [0.15, 0.2) is 5.96 Å². The van der Waals surface area contributed by atoms with Gasteiger partial charge < -0.3 is 58.6 Å². The number of rotatable bonds is 20. The molecule has 0 aliphatic carbocycles. The number of guanidine groups is 1. The highest BCUT2D eigenvalue weighted by molar-refractivity contribution is 5.75. The molecule has 0 aliphatic rings. The summed E-state index contributed by atoms with van der Waals surface area (Å²) in [5.74, 6) is 0.00601. The van der Waals surface area contributed by atoms with Gasteiger partial charge in [-0.2, -0.15) is 0 Å². The van der Waals surface area contributed by atoms with E-state index in [0.717, 1.165) is 12.8 Å². The van der Waals surface area contributed by atoms with Gasteiger partial charge in [-0.1, -0.05) is 12.8 Å². The second-order valence-electron chi connectivity index (χ2n) is 8.23. The van der Waals surface area contributed by atoms with Crippen molar-refractivity contribution in [2.24, 2.45) is 33.7 Å². The quantitative estimate of drug-likeness (QED) is 0.0332. The van der Waals surface area contributed by atoms with Crippen LogP contribution in [0.4, 0.5) is 14.4 Å². The Balaban J connectivity index is 4.62. The lowest BCUT2D eigenvalue weighted by Crippen LogP contribution is -2.43. The largest absolute Gasteiger partial charge is 0.505 e. The minimum Gasteiger partial charge on any atom is -0.450 e. The first-order chi connectivity index (χ1) is 17.2. The van der Waals surface area contributed by atoms with Gasteiger partial charge in [-0.15, -0.1) is 0 Å². The molecule has 0 saturated heterocycles. The molecule has 0 bridgehead atoms. The first kappa shape index (κ1) is 33.0. The zero-order valence-corrected chi connectivity index (χ0v) is 20.9. The Bertz CT molecular complexity index is 650. The number of hydrogen-bond acceptors (Lipinski definition) is 10. The number of aliphatic imine (C=N–C) groups is 1. The second-order valence-corrected chi connectivity index (χ2v) is 8.23. The SMILES string of the molecule is NCCCC[C@H](COC(=O)N[C@@H](CCCCN)COC(=O)O)NC(=O)OC[C@@H](N)CCCN=C(N)N. The maximum atomic E-state index is 12.3. The summed E-state index contributed by atoms with van der Waals surface area (Å²) in [6, 6.07) is -1.46. The number of nitrogens with two attached hydrogens (primary N) is 5. The highest BCUT2D eigenvalue weighted by Crippen LogP contribution is 2.05. The molecule has 0 rings (SSSR count). The predicted octanol–water partition coefficient (Wildman–Crippen LogP) is -0.490. The first-order valence-electron chi connectivity index (χ1n) is 12.1. The third-order valence-corrected chi connectivity index (χ3v) is 4.94. The Hall–Kier alpha value is -3.04. The fourth-order valence-corrected chi connectivity index (χ4v) is 3.06. The molecular formula is C21H44N8O7. The fraction of sp³-hybridized carbons (Fsp3) is 0.810. The number of carbonyl (C=O) groups excluding carboxylic acids is 2. The van der Waals surface area contributed by atoms with E-state index in [1.165, 1.54) is 0 Å². The molecule has 36 heavy (non-hydrogen) atoms. The predicted molar refractivity (Wildman–Crippen MR) is 134 cm³/mol. The van der Waals surface area contributed by atoms with Gasteiger partial charge in [0, 0.05) is 12.6 Å². The number of hydrogen-bond donors (Lipinski definition) is 8. The van der Waals surface area contributed by atoms with Gasteiger partial charge in [0.05, 0.1) is 12.1 Å². The molecular weight excluding hydrogens is 476 g/mol. The molecule has 0 fully saturated rings. The number of carboxylic acid groups (broad SMARTS) is 1. The van der Waals surface area contributed by atoms with Crippen LogP contribution < -0.4 is 39.3 Å². The monoisotopic (exact) mass is 520 g/mol. The summed E-state index contributed by atoms with van der Waals surface area (Å²) in [5, 5.41) is 14.0. The van der Waals surface area contributed by atoms with Crippen molar-refractivity contribution in [3.8, 4) is 0 Å². The molecule has 13 N–H and O–H groups in total. The first-order valence-corrected chi connectivity index (χ1v) is 12.1. The summed E-state index contributed by atoms with van der Waals surface area (Å²) in [6.45, 7) is 1.06. The summed E-state index contributed by atoms with van der Waals surface area (Å²) in [7, 11) is 0. The van der Waals surface area contributed by atoms with Crippen LogP contribution in [-0.2, 0) is 14.2 Å². The van der Waals surface area contributed by atoms with Gasteiger partial charge in [0.25, 0.3) is 0 Å². The highest BCUT2D eigenvalue weighted by atomic mass is 16.7. The van der Waals surface area contributed by atoms with E-state index in [2.05, 4.69) is 20.4 Å². The zero-order valence-electron chi connectivity index (χ0n) is 20.9. The molecule has 0 aliphatic heterocycles. The van der Waals surface area contributed by atoms with Crippen molar-refractivity contribution >= 4 is 24.3 Å². The normalized spacial score (nSPS) is 13.1. The Labute approximate surface area is 211 Å². The smallest absolute Gasteiger partial charge is 0.450 e.